The number of aromatic nitrogens is 2. The van der Waals surface area contributed by atoms with Gasteiger partial charge in [-0.05, 0) is 26.1 Å². The number of carbonyl (C=O) groups is 1. The molecule has 1 aliphatic rings. The number of hydrogen-bond acceptors (Lipinski definition) is 7. The van der Waals surface area contributed by atoms with Gasteiger partial charge in [-0.1, -0.05) is 5.16 Å². The van der Waals surface area contributed by atoms with Gasteiger partial charge in [-0.3, -0.25) is 9.69 Å². The SMILES string of the molecule is CC(NC(=O)c1ccco1)c1nc(C2CNCCN2C)no1.Cl. The Labute approximate surface area is 140 Å². The molecule has 0 radical (unpaired) electrons. The van der Waals surface area contributed by atoms with Gasteiger partial charge in [0.1, 0.15) is 6.04 Å². The van der Waals surface area contributed by atoms with Gasteiger partial charge in [-0.2, -0.15) is 4.98 Å². The maximum absolute atomic E-state index is 11.9. The first kappa shape index (κ1) is 17.5. The Kier molecular flexibility index (Phi) is 5.75. The molecule has 1 fully saturated rings. The van der Waals surface area contributed by atoms with Crippen LogP contribution in [0.2, 0.25) is 0 Å². The lowest BCUT2D eigenvalue weighted by Crippen LogP contribution is -2.44. The lowest BCUT2D eigenvalue weighted by atomic mass is 10.2. The number of nitrogens with zero attached hydrogens (tertiary/aromatic N) is 3. The maximum atomic E-state index is 11.9. The summed E-state index contributed by atoms with van der Waals surface area (Å²) in [6, 6.07) is 2.96. The maximum Gasteiger partial charge on any atom is 0.287 e. The van der Waals surface area contributed by atoms with Crippen LogP contribution in [-0.2, 0) is 0 Å². The number of piperazine rings is 1. The van der Waals surface area contributed by atoms with Crippen LogP contribution in [0.5, 0.6) is 0 Å². The summed E-state index contributed by atoms with van der Waals surface area (Å²) in [5, 5.41) is 10.1. The van der Waals surface area contributed by atoms with Crippen molar-refractivity contribution in [3.8, 4) is 0 Å². The average Bonchev–Trinajstić information content (AvgIpc) is 3.19. The standard InChI is InChI=1S/C14H19N5O3.ClH/c1-9(16-13(20)11-4-3-7-21-11)14-17-12(18-22-14)10-8-15-5-6-19(10)2;/h3-4,7,9-10,15H,5-6,8H2,1-2H3,(H,16,20);1H. The first-order chi connectivity index (χ1) is 10.6. The van der Waals surface area contributed by atoms with Crippen LogP contribution < -0.4 is 10.6 Å². The lowest BCUT2D eigenvalue weighted by Gasteiger charge is -2.30. The van der Waals surface area contributed by atoms with Crippen LogP contribution in [0.1, 0.15) is 41.3 Å². The van der Waals surface area contributed by atoms with E-state index in [0.29, 0.717) is 11.7 Å². The minimum absolute atomic E-state index is 0. The topological polar surface area (TPSA) is 96.4 Å². The molecule has 0 bridgehead atoms. The van der Waals surface area contributed by atoms with E-state index in [9.17, 15) is 4.79 Å². The number of likely N-dealkylation sites (N-methyl/N-ethyl adjacent to an activating group) is 1. The van der Waals surface area contributed by atoms with Crippen molar-refractivity contribution in [3.05, 3.63) is 35.9 Å². The Bertz CT molecular complexity index is 630. The first-order valence-electron chi connectivity index (χ1n) is 7.24. The fraction of sp³-hybridized carbons (Fsp3) is 0.500. The molecule has 1 amide bonds. The molecular formula is C14H20ClN5O3. The molecule has 2 N–H and O–H groups in total. The van der Waals surface area contributed by atoms with Crippen LogP contribution in [0.4, 0.5) is 0 Å². The molecule has 23 heavy (non-hydrogen) atoms. The number of furan rings is 1. The van der Waals surface area contributed by atoms with E-state index in [1.54, 1.807) is 19.1 Å². The van der Waals surface area contributed by atoms with Gasteiger partial charge in [0.25, 0.3) is 5.91 Å². The summed E-state index contributed by atoms with van der Waals surface area (Å²) < 4.78 is 10.3. The number of carbonyl (C=O) groups excluding carboxylic acids is 1. The van der Waals surface area contributed by atoms with Crippen molar-refractivity contribution in [2.45, 2.75) is 19.0 Å². The monoisotopic (exact) mass is 341 g/mol. The normalized spacial score (nSPS) is 19.8. The molecule has 2 unspecified atom stereocenters. The second-order valence-electron chi connectivity index (χ2n) is 5.36. The van der Waals surface area contributed by atoms with Crippen molar-refractivity contribution in [1.29, 1.82) is 0 Å². The average molecular weight is 342 g/mol. The van der Waals surface area contributed by atoms with E-state index < -0.39 is 0 Å². The highest BCUT2D eigenvalue weighted by atomic mass is 35.5. The van der Waals surface area contributed by atoms with Crippen LogP contribution in [0, 0.1) is 0 Å². The highest BCUT2D eigenvalue weighted by molar-refractivity contribution is 5.91. The molecule has 0 spiro atoms. The molecule has 3 heterocycles. The van der Waals surface area contributed by atoms with E-state index in [-0.39, 0.29) is 36.2 Å². The third kappa shape index (κ3) is 3.90. The number of nitrogens with one attached hydrogen (secondary N) is 2. The number of amides is 1. The molecule has 2 aromatic rings. The molecule has 8 nitrogen and oxygen atoms in total. The van der Waals surface area contributed by atoms with Crippen molar-refractivity contribution in [2.75, 3.05) is 26.7 Å². The quantitative estimate of drug-likeness (QED) is 0.861. The fourth-order valence-corrected chi connectivity index (χ4v) is 2.39. The van der Waals surface area contributed by atoms with E-state index >= 15 is 0 Å². The zero-order valence-electron chi connectivity index (χ0n) is 13.0. The Morgan fingerprint density at radius 2 is 2.39 bits per heavy atom. The Hall–Kier alpha value is -1.90. The first-order valence-corrected chi connectivity index (χ1v) is 7.24. The highest BCUT2D eigenvalue weighted by Gasteiger charge is 2.27. The summed E-state index contributed by atoms with van der Waals surface area (Å²) in [7, 11) is 2.03. The van der Waals surface area contributed by atoms with E-state index in [0.717, 1.165) is 19.6 Å². The van der Waals surface area contributed by atoms with Crippen molar-refractivity contribution in [2.24, 2.45) is 0 Å². The van der Waals surface area contributed by atoms with Crippen LogP contribution in [-0.4, -0.2) is 47.6 Å². The minimum atomic E-state index is -0.388. The second-order valence-corrected chi connectivity index (χ2v) is 5.36. The number of hydrogen-bond donors (Lipinski definition) is 2. The molecule has 2 aromatic heterocycles. The summed E-state index contributed by atoms with van der Waals surface area (Å²) in [5.41, 5.74) is 0. The van der Waals surface area contributed by atoms with Gasteiger partial charge in [0, 0.05) is 19.6 Å². The molecule has 0 aromatic carbocycles. The van der Waals surface area contributed by atoms with Crippen molar-refractivity contribution in [1.82, 2.24) is 25.7 Å². The molecule has 1 aliphatic heterocycles. The van der Waals surface area contributed by atoms with E-state index in [1.165, 1.54) is 6.26 Å². The predicted molar refractivity (Wildman–Crippen MR) is 84.4 cm³/mol. The van der Waals surface area contributed by atoms with Gasteiger partial charge in [-0.25, -0.2) is 0 Å². The summed E-state index contributed by atoms with van der Waals surface area (Å²) in [6.07, 6.45) is 1.45. The predicted octanol–water partition coefficient (Wildman–Crippen LogP) is 1.15. The third-order valence-corrected chi connectivity index (χ3v) is 3.73. The van der Waals surface area contributed by atoms with Crippen molar-refractivity contribution >= 4 is 18.3 Å². The number of rotatable bonds is 4. The molecular weight excluding hydrogens is 322 g/mol. The second kappa shape index (κ2) is 7.58. The largest absolute Gasteiger partial charge is 0.459 e. The van der Waals surface area contributed by atoms with Crippen molar-refractivity contribution < 1.29 is 13.7 Å². The van der Waals surface area contributed by atoms with Gasteiger partial charge in [0.2, 0.25) is 5.89 Å². The van der Waals surface area contributed by atoms with E-state index in [4.69, 9.17) is 8.94 Å². The zero-order chi connectivity index (χ0) is 15.5. The fourth-order valence-electron chi connectivity index (χ4n) is 2.39. The van der Waals surface area contributed by atoms with Crippen LogP contribution >= 0.6 is 12.4 Å². The van der Waals surface area contributed by atoms with Gasteiger partial charge in [-0.15, -0.1) is 12.4 Å². The van der Waals surface area contributed by atoms with Gasteiger partial charge < -0.3 is 19.6 Å². The molecule has 9 heteroatoms. The zero-order valence-corrected chi connectivity index (χ0v) is 13.8. The lowest BCUT2D eigenvalue weighted by molar-refractivity contribution is 0.0904. The summed E-state index contributed by atoms with van der Waals surface area (Å²) in [5.74, 6) is 0.953. The molecule has 126 valence electrons. The van der Waals surface area contributed by atoms with Crippen LogP contribution in [0.15, 0.2) is 27.3 Å². The van der Waals surface area contributed by atoms with Gasteiger partial charge in [0.15, 0.2) is 11.6 Å². The van der Waals surface area contributed by atoms with E-state index in [1.807, 2.05) is 7.05 Å². The molecule has 0 saturated carbocycles. The molecule has 0 aliphatic carbocycles. The molecule has 1 saturated heterocycles. The summed E-state index contributed by atoms with van der Waals surface area (Å²) in [4.78, 5) is 18.5. The van der Waals surface area contributed by atoms with E-state index in [2.05, 4.69) is 25.7 Å². The third-order valence-electron chi connectivity index (χ3n) is 3.73. The van der Waals surface area contributed by atoms with Crippen LogP contribution in [0.25, 0.3) is 0 Å². The molecule has 3 rings (SSSR count). The Morgan fingerprint density at radius 3 is 3.09 bits per heavy atom. The minimum Gasteiger partial charge on any atom is -0.459 e. The van der Waals surface area contributed by atoms with Gasteiger partial charge >= 0.3 is 0 Å². The highest BCUT2D eigenvalue weighted by Crippen LogP contribution is 2.20. The number of halogens is 1. The van der Waals surface area contributed by atoms with Crippen molar-refractivity contribution in [3.63, 3.8) is 0 Å². The summed E-state index contributed by atoms with van der Waals surface area (Å²) in [6.45, 7) is 4.45. The Balaban J connectivity index is 0.00000192. The van der Waals surface area contributed by atoms with Crippen LogP contribution in [0.3, 0.4) is 0 Å². The van der Waals surface area contributed by atoms with Gasteiger partial charge in [0.05, 0.1) is 12.3 Å². The molecule has 2 atom stereocenters. The smallest absolute Gasteiger partial charge is 0.287 e. The Morgan fingerprint density at radius 1 is 1.57 bits per heavy atom. The summed E-state index contributed by atoms with van der Waals surface area (Å²) >= 11 is 0.